The van der Waals surface area contributed by atoms with Gasteiger partial charge in [-0.2, -0.15) is 0 Å². The molecule has 1 rings (SSSR count). The Kier molecular flexibility index (Phi) is 3.87. The third kappa shape index (κ3) is 3.21. The summed E-state index contributed by atoms with van der Waals surface area (Å²) in [6, 6.07) is 0.345. The van der Waals surface area contributed by atoms with Crippen LogP contribution < -0.4 is 5.73 Å². The molecule has 0 radical (unpaired) electrons. The maximum atomic E-state index is 5.82. The lowest BCUT2D eigenvalue weighted by Crippen LogP contribution is -2.29. The van der Waals surface area contributed by atoms with Crippen LogP contribution in [0.1, 0.15) is 39.0 Å². The molecule has 2 nitrogen and oxygen atoms in total. The number of nitrogens with two attached hydrogens (primary N) is 1. The summed E-state index contributed by atoms with van der Waals surface area (Å²) in [5.41, 5.74) is 5.82. The van der Waals surface area contributed by atoms with Gasteiger partial charge >= 0.3 is 0 Å². The van der Waals surface area contributed by atoms with Crippen molar-refractivity contribution in [1.82, 2.24) is 0 Å². The van der Waals surface area contributed by atoms with Crippen molar-refractivity contribution in [3.8, 4) is 0 Å². The van der Waals surface area contributed by atoms with E-state index in [1.165, 1.54) is 19.3 Å². The third-order valence-corrected chi connectivity index (χ3v) is 2.36. The molecule has 0 saturated carbocycles. The summed E-state index contributed by atoms with van der Waals surface area (Å²) >= 11 is 0. The van der Waals surface area contributed by atoms with E-state index >= 15 is 0 Å². The van der Waals surface area contributed by atoms with Crippen LogP contribution in [0.25, 0.3) is 0 Å². The van der Waals surface area contributed by atoms with Crippen LogP contribution >= 0.6 is 0 Å². The fourth-order valence-electron chi connectivity index (χ4n) is 1.50. The summed E-state index contributed by atoms with van der Waals surface area (Å²) in [5, 5.41) is 0. The van der Waals surface area contributed by atoms with E-state index in [4.69, 9.17) is 10.5 Å². The van der Waals surface area contributed by atoms with Gasteiger partial charge in [0.15, 0.2) is 0 Å². The van der Waals surface area contributed by atoms with E-state index in [1.54, 1.807) is 0 Å². The summed E-state index contributed by atoms with van der Waals surface area (Å²) in [5.74, 6) is 0. The molecule has 1 fully saturated rings. The SMILES string of the molecule is CC[C@H](N)CC1CCCCO1. The molecule has 11 heavy (non-hydrogen) atoms. The lowest BCUT2D eigenvalue weighted by Gasteiger charge is -2.24. The van der Waals surface area contributed by atoms with Gasteiger partial charge in [-0.1, -0.05) is 6.92 Å². The van der Waals surface area contributed by atoms with Crippen molar-refractivity contribution >= 4 is 0 Å². The van der Waals surface area contributed by atoms with Crippen LogP contribution in [0.3, 0.4) is 0 Å². The molecule has 0 spiro atoms. The third-order valence-electron chi connectivity index (χ3n) is 2.36. The Morgan fingerprint density at radius 3 is 2.91 bits per heavy atom. The van der Waals surface area contributed by atoms with Gasteiger partial charge in [-0.3, -0.25) is 0 Å². The predicted molar refractivity (Wildman–Crippen MR) is 46.5 cm³/mol. The highest BCUT2D eigenvalue weighted by atomic mass is 16.5. The van der Waals surface area contributed by atoms with Crippen molar-refractivity contribution < 1.29 is 4.74 Å². The zero-order valence-corrected chi connectivity index (χ0v) is 7.38. The molecule has 1 heterocycles. The highest BCUT2D eigenvalue weighted by Gasteiger charge is 2.15. The maximum absolute atomic E-state index is 5.82. The zero-order valence-electron chi connectivity index (χ0n) is 7.38. The first-order valence-electron chi connectivity index (χ1n) is 4.70. The van der Waals surface area contributed by atoms with Crippen LogP contribution in [0, 0.1) is 0 Å². The van der Waals surface area contributed by atoms with Gasteiger partial charge in [-0.25, -0.2) is 0 Å². The molecule has 0 bridgehead atoms. The average Bonchev–Trinajstić information content (AvgIpc) is 2.06. The van der Waals surface area contributed by atoms with Crippen LogP contribution in [0.4, 0.5) is 0 Å². The Hall–Kier alpha value is -0.0800. The quantitative estimate of drug-likeness (QED) is 0.676. The minimum atomic E-state index is 0.345. The molecular formula is C9H19NO. The molecule has 0 amide bonds. The van der Waals surface area contributed by atoms with Crippen molar-refractivity contribution in [2.45, 2.75) is 51.2 Å². The Bertz CT molecular complexity index is 99.7. The molecule has 0 aromatic heterocycles. The second kappa shape index (κ2) is 4.73. The van der Waals surface area contributed by atoms with Crippen molar-refractivity contribution in [2.24, 2.45) is 5.73 Å². The standard InChI is InChI=1S/C9H19NO/c1-2-8(10)7-9-5-3-4-6-11-9/h8-9H,2-7,10H2,1H3/t8-,9?/m0/s1. The molecule has 0 aromatic rings. The van der Waals surface area contributed by atoms with E-state index in [0.717, 1.165) is 19.4 Å². The first-order chi connectivity index (χ1) is 5.33. The summed E-state index contributed by atoms with van der Waals surface area (Å²) in [7, 11) is 0. The molecule has 2 heteroatoms. The largest absolute Gasteiger partial charge is 0.378 e. The number of rotatable bonds is 3. The van der Waals surface area contributed by atoms with E-state index in [2.05, 4.69) is 6.92 Å². The van der Waals surface area contributed by atoms with Gasteiger partial charge in [0, 0.05) is 12.6 Å². The van der Waals surface area contributed by atoms with Gasteiger partial charge in [0.05, 0.1) is 6.10 Å². The number of ether oxygens (including phenoxy) is 1. The summed E-state index contributed by atoms with van der Waals surface area (Å²) in [4.78, 5) is 0. The van der Waals surface area contributed by atoms with Crippen LogP contribution in [0.5, 0.6) is 0 Å². The molecule has 66 valence electrons. The molecule has 1 aliphatic rings. The number of hydrogen-bond donors (Lipinski definition) is 1. The molecular weight excluding hydrogens is 138 g/mol. The normalized spacial score (nSPS) is 28.4. The van der Waals surface area contributed by atoms with E-state index in [0.29, 0.717) is 12.1 Å². The topological polar surface area (TPSA) is 35.2 Å². The minimum Gasteiger partial charge on any atom is -0.378 e. The van der Waals surface area contributed by atoms with Gasteiger partial charge < -0.3 is 10.5 Å². The van der Waals surface area contributed by atoms with Crippen LogP contribution in [0.15, 0.2) is 0 Å². The summed E-state index contributed by atoms with van der Waals surface area (Å²) in [6.45, 7) is 3.08. The Labute approximate surface area is 69.1 Å². The molecule has 1 unspecified atom stereocenters. The highest BCUT2D eigenvalue weighted by molar-refractivity contribution is 4.69. The van der Waals surface area contributed by atoms with E-state index in [9.17, 15) is 0 Å². The van der Waals surface area contributed by atoms with E-state index < -0.39 is 0 Å². The molecule has 1 aliphatic heterocycles. The van der Waals surface area contributed by atoms with Crippen LogP contribution in [-0.2, 0) is 4.74 Å². The predicted octanol–water partition coefficient (Wildman–Crippen LogP) is 1.68. The molecule has 2 N–H and O–H groups in total. The second-order valence-electron chi connectivity index (χ2n) is 3.39. The Morgan fingerprint density at radius 2 is 2.36 bits per heavy atom. The minimum absolute atomic E-state index is 0.345. The van der Waals surface area contributed by atoms with Gasteiger partial charge in [-0.15, -0.1) is 0 Å². The van der Waals surface area contributed by atoms with Gasteiger partial charge in [0.1, 0.15) is 0 Å². The Morgan fingerprint density at radius 1 is 1.55 bits per heavy atom. The van der Waals surface area contributed by atoms with Crippen molar-refractivity contribution in [2.75, 3.05) is 6.61 Å². The summed E-state index contributed by atoms with van der Waals surface area (Å²) in [6.07, 6.45) is 6.35. The fourth-order valence-corrected chi connectivity index (χ4v) is 1.50. The maximum Gasteiger partial charge on any atom is 0.0589 e. The Balaban J connectivity index is 2.13. The second-order valence-corrected chi connectivity index (χ2v) is 3.39. The monoisotopic (exact) mass is 157 g/mol. The smallest absolute Gasteiger partial charge is 0.0589 e. The van der Waals surface area contributed by atoms with Crippen molar-refractivity contribution in [1.29, 1.82) is 0 Å². The zero-order chi connectivity index (χ0) is 8.10. The average molecular weight is 157 g/mol. The van der Waals surface area contributed by atoms with Crippen LogP contribution in [0.2, 0.25) is 0 Å². The molecule has 2 atom stereocenters. The molecule has 0 aromatic carbocycles. The van der Waals surface area contributed by atoms with Crippen LogP contribution in [-0.4, -0.2) is 18.8 Å². The van der Waals surface area contributed by atoms with Crippen molar-refractivity contribution in [3.05, 3.63) is 0 Å². The van der Waals surface area contributed by atoms with Gasteiger partial charge in [0.25, 0.3) is 0 Å². The van der Waals surface area contributed by atoms with E-state index in [1.807, 2.05) is 0 Å². The van der Waals surface area contributed by atoms with Gasteiger partial charge in [0.2, 0.25) is 0 Å². The first-order valence-corrected chi connectivity index (χ1v) is 4.70. The first kappa shape index (κ1) is 9.01. The molecule has 0 aliphatic carbocycles. The number of hydrogen-bond acceptors (Lipinski definition) is 2. The highest BCUT2D eigenvalue weighted by Crippen LogP contribution is 2.16. The van der Waals surface area contributed by atoms with Gasteiger partial charge in [-0.05, 0) is 32.1 Å². The summed E-state index contributed by atoms with van der Waals surface area (Å²) < 4.78 is 5.57. The lowest BCUT2D eigenvalue weighted by atomic mass is 10.0. The molecule has 1 saturated heterocycles. The van der Waals surface area contributed by atoms with Crippen molar-refractivity contribution in [3.63, 3.8) is 0 Å². The fraction of sp³-hybridized carbons (Fsp3) is 1.00. The lowest BCUT2D eigenvalue weighted by molar-refractivity contribution is 0.00726. The van der Waals surface area contributed by atoms with E-state index in [-0.39, 0.29) is 0 Å².